The topological polar surface area (TPSA) is 76.4 Å². The molecule has 0 saturated carbocycles. The van der Waals surface area contributed by atoms with Crippen LogP contribution in [0.25, 0.3) is 11.1 Å². The van der Waals surface area contributed by atoms with Gasteiger partial charge in [0.15, 0.2) is 5.96 Å². The number of aliphatic imine (C=N–C) groups is 1. The predicted molar refractivity (Wildman–Crippen MR) is 143 cm³/mol. The lowest BCUT2D eigenvalue weighted by molar-refractivity contribution is 0.288. The summed E-state index contributed by atoms with van der Waals surface area (Å²) >= 11 is 0. The zero-order valence-electron chi connectivity index (χ0n) is 19.4. The molecular weight excluding hydrogens is 527 g/mol. The van der Waals surface area contributed by atoms with Gasteiger partial charge in [-0.25, -0.2) is 4.99 Å². The van der Waals surface area contributed by atoms with Crippen molar-refractivity contribution in [1.29, 1.82) is 0 Å². The number of benzene rings is 2. The number of aryl methyl sites for hydroxylation is 2. The Morgan fingerprint density at radius 2 is 1.91 bits per heavy atom. The SMILES string of the molecule is CCNC(=NCc1ccc(-c2ccc3c(c2)CCCO3)cc1)NCCn1cnnc1CC.I. The van der Waals surface area contributed by atoms with E-state index in [0.29, 0.717) is 6.54 Å². The van der Waals surface area contributed by atoms with E-state index in [1.165, 1.54) is 22.3 Å². The summed E-state index contributed by atoms with van der Waals surface area (Å²) < 4.78 is 7.81. The van der Waals surface area contributed by atoms with Crippen LogP contribution in [0.15, 0.2) is 53.8 Å². The molecule has 0 spiro atoms. The van der Waals surface area contributed by atoms with Gasteiger partial charge < -0.3 is 19.9 Å². The van der Waals surface area contributed by atoms with E-state index < -0.39 is 0 Å². The Labute approximate surface area is 213 Å². The van der Waals surface area contributed by atoms with Crippen LogP contribution in [0.4, 0.5) is 0 Å². The van der Waals surface area contributed by atoms with E-state index in [-0.39, 0.29) is 24.0 Å². The van der Waals surface area contributed by atoms with E-state index in [9.17, 15) is 0 Å². The van der Waals surface area contributed by atoms with E-state index in [4.69, 9.17) is 9.73 Å². The van der Waals surface area contributed by atoms with Crippen molar-refractivity contribution < 1.29 is 4.74 Å². The van der Waals surface area contributed by atoms with Crippen LogP contribution in [0, 0.1) is 0 Å². The van der Waals surface area contributed by atoms with Crippen molar-refractivity contribution in [1.82, 2.24) is 25.4 Å². The Morgan fingerprint density at radius 1 is 1.09 bits per heavy atom. The lowest BCUT2D eigenvalue weighted by Gasteiger charge is -2.18. The minimum absolute atomic E-state index is 0. The van der Waals surface area contributed by atoms with E-state index in [0.717, 1.165) is 63.0 Å². The number of aromatic nitrogens is 3. The molecule has 0 unspecified atom stereocenters. The quantitative estimate of drug-likeness (QED) is 0.245. The van der Waals surface area contributed by atoms with Gasteiger partial charge in [0.2, 0.25) is 0 Å². The molecule has 7 nitrogen and oxygen atoms in total. The van der Waals surface area contributed by atoms with Gasteiger partial charge in [-0.3, -0.25) is 0 Å². The molecule has 2 heterocycles. The number of rotatable bonds is 8. The van der Waals surface area contributed by atoms with Crippen LogP contribution < -0.4 is 15.4 Å². The zero-order chi connectivity index (χ0) is 22.2. The third-order valence-electron chi connectivity index (χ3n) is 5.62. The molecule has 0 atom stereocenters. The molecule has 0 amide bonds. The van der Waals surface area contributed by atoms with Crippen LogP contribution >= 0.6 is 24.0 Å². The number of ether oxygens (including phenoxy) is 1. The standard InChI is InChI=1S/C25H32N6O.HI/c1-3-24-30-29-18-31(24)14-13-27-25(26-4-2)28-17-19-7-9-20(10-8-19)21-11-12-23-22(16-21)6-5-15-32-23;/h7-12,16,18H,3-6,13-15,17H2,1-2H3,(H2,26,27,28);1H. The Bertz CT molecular complexity index is 1050. The first-order valence-electron chi connectivity index (χ1n) is 11.5. The maximum atomic E-state index is 5.73. The van der Waals surface area contributed by atoms with Crippen LogP contribution in [0.3, 0.4) is 0 Å². The van der Waals surface area contributed by atoms with Crippen LogP contribution in [0.1, 0.15) is 37.2 Å². The van der Waals surface area contributed by atoms with Gasteiger partial charge in [-0.1, -0.05) is 37.3 Å². The van der Waals surface area contributed by atoms with Gasteiger partial charge in [0.25, 0.3) is 0 Å². The van der Waals surface area contributed by atoms with Gasteiger partial charge in [-0.2, -0.15) is 0 Å². The normalized spacial score (nSPS) is 13.0. The summed E-state index contributed by atoms with van der Waals surface area (Å²) in [4.78, 5) is 4.74. The molecule has 1 aliphatic rings. The third-order valence-corrected chi connectivity index (χ3v) is 5.62. The van der Waals surface area contributed by atoms with Gasteiger partial charge in [-0.05, 0) is 54.2 Å². The molecule has 2 N–H and O–H groups in total. The molecule has 1 aliphatic heterocycles. The van der Waals surface area contributed by atoms with Gasteiger partial charge in [0.1, 0.15) is 17.9 Å². The number of nitrogens with one attached hydrogen (secondary N) is 2. The first-order chi connectivity index (χ1) is 15.8. The average molecular weight is 560 g/mol. The second kappa shape index (κ2) is 12.6. The van der Waals surface area contributed by atoms with Crippen molar-refractivity contribution in [3.8, 4) is 16.9 Å². The summed E-state index contributed by atoms with van der Waals surface area (Å²) in [6, 6.07) is 15.2. The molecule has 2 aromatic carbocycles. The predicted octanol–water partition coefficient (Wildman–Crippen LogP) is 4.21. The number of guanidine groups is 1. The molecule has 8 heteroatoms. The Morgan fingerprint density at radius 3 is 2.70 bits per heavy atom. The smallest absolute Gasteiger partial charge is 0.191 e. The van der Waals surface area contributed by atoms with E-state index in [1.54, 1.807) is 6.33 Å². The highest BCUT2D eigenvalue weighted by Gasteiger charge is 2.11. The molecule has 0 bridgehead atoms. The first-order valence-corrected chi connectivity index (χ1v) is 11.5. The monoisotopic (exact) mass is 560 g/mol. The van der Waals surface area contributed by atoms with Crippen molar-refractivity contribution in [2.24, 2.45) is 4.99 Å². The molecule has 176 valence electrons. The fourth-order valence-corrected chi connectivity index (χ4v) is 3.89. The number of nitrogens with zero attached hydrogens (tertiary/aromatic N) is 4. The maximum Gasteiger partial charge on any atom is 0.191 e. The first kappa shape index (κ1) is 25.0. The van der Waals surface area contributed by atoms with E-state index in [2.05, 4.69) is 81.7 Å². The number of fused-ring (bicyclic) bond motifs is 1. The van der Waals surface area contributed by atoms with Crippen molar-refractivity contribution in [2.45, 2.75) is 46.2 Å². The largest absolute Gasteiger partial charge is 0.493 e. The summed E-state index contributed by atoms with van der Waals surface area (Å²) in [5.74, 6) is 2.85. The molecule has 3 aromatic rings. The van der Waals surface area contributed by atoms with Gasteiger partial charge in [0, 0.05) is 26.1 Å². The van der Waals surface area contributed by atoms with Gasteiger partial charge in [0.05, 0.1) is 13.2 Å². The maximum absolute atomic E-state index is 5.73. The molecule has 33 heavy (non-hydrogen) atoms. The second-order valence-corrected chi connectivity index (χ2v) is 7.89. The second-order valence-electron chi connectivity index (χ2n) is 7.89. The van der Waals surface area contributed by atoms with Crippen molar-refractivity contribution in [3.63, 3.8) is 0 Å². The third kappa shape index (κ3) is 6.69. The van der Waals surface area contributed by atoms with Gasteiger partial charge in [-0.15, -0.1) is 34.2 Å². The van der Waals surface area contributed by atoms with E-state index >= 15 is 0 Å². The Kier molecular flexibility index (Phi) is 9.53. The molecule has 0 saturated heterocycles. The lowest BCUT2D eigenvalue weighted by atomic mass is 9.98. The van der Waals surface area contributed by atoms with Crippen LogP contribution in [0.2, 0.25) is 0 Å². The number of hydrogen-bond donors (Lipinski definition) is 2. The number of halogens is 1. The molecule has 0 radical (unpaired) electrons. The van der Waals surface area contributed by atoms with Crippen molar-refractivity contribution in [2.75, 3.05) is 19.7 Å². The summed E-state index contributed by atoms with van der Waals surface area (Å²) in [6.45, 7) is 8.00. The zero-order valence-corrected chi connectivity index (χ0v) is 21.7. The molecule has 0 fully saturated rings. The highest BCUT2D eigenvalue weighted by atomic mass is 127. The minimum atomic E-state index is 0. The van der Waals surface area contributed by atoms with E-state index in [1.807, 2.05) is 0 Å². The van der Waals surface area contributed by atoms with Crippen molar-refractivity contribution >= 4 is 29.9 Å². The fourth-order valence-electron chi connectivity index (χ4n) is 3.89. The Hall–Kier alpha value is -2.62. The summed E-state index contributed by atoms with van der Waals surface area (Å²) in [5, 5.41) is 14.8. The number of hydrogen-bond acceptors (Lipinski definition) is 4. The molecule has 1 aromatic heterocycles. The highest BCUT2D eigenvalue weighted by Crippen LogP contribution is 2.30. The van der Waals surface area contributed by atoms with Crippen LogP contribution in [-0.4, -0.2) is 40.4 Å². The van der Waals surface area contributed by atoms with Crippen LogP contribution in [-0.2, 0) is 25.9 Å². The lowest BCUT2D eigenvalue weighted by Crippen LogP contribution is -2.38. The summed E-state index contributed by atoms with van der Waals surface area (Å²) in [5.41, 5.74) is 4.94. The highest BCUT2D eigenvalue weighted by molar-refractivity contribution is 14.0. The molecular formula is C25H33IN6O. The van der Waals surface area contributed by atoms with Gasteiger partial charge >= 0.3 is 0 Å². The molecule has 4 rings (SSSR count). The summed E-state index contributed by atoms with van der Waals surface area (Å²) in [7, 11) is 0. The minimum Gasteiger partial charge on any atom is -0.493 e. The van der Waals surface area contributed by atoms with Crippen molar-refractivity contribution in [3.05, 3.63) is 65.7 Å². The molecule has 0 aliphatic carbocycles. The van der Waals surface area contributed by atoms with Crippen LogP contribution in [0.5, 0.6) is 5.75 Å². The Balaban J connectivity index is 0.00000306. The fraction of sp³-hybridized carbons (Fsp3) is 0.400. The average Bonchev–Trinajstić information content (AvgIpc) is 3.30. The summed E-state index contributed by atoms with van der Waals surface area (Å²) in [6.07, 6.45) is 4.84.